The van der Waals surface area contributed by atoms with Gasteiger partial charge in [-0.1, -0.05) is 20.8 Å². The van der Waals surface area contributed by atoms with Crippen LogP contribution in [0.2, 0.25) is 0 Å². The van der Waals surface area contributed by atoms with Gasteiger partial charge in [0.1, 0.15) is 10.8 Å². The molecular formula is C15H19N3O2S. The van der Waals surface area contributed by atoms with Crippen molar-refractivity contribution in [2.45, 2.75) is 39.7 Å². The molecule has 0 radical (unpaired) electrons. The summed E-state index contributed by atoms with van der Waals surface area (Å²) in [6.07, 6.45) is 1.82. The summed E-state index contributed by atoms with van der Waals surface area (Å²) < 4.78 is 0. The number of rotatable bonds is 4. The van der Waals surface area contributed by atoms with Crippen molar-refractivity contribution in [1.29, 1.82) is 0 Å². The summed E-state index contributed by atoms with van der Waals surface area (Å²) in [6, 6.07) is 3.18. The minimum atomic E-state index is -0.948. The molecule has 112 valence electrons. The molecule has 0 aliphatic heterocycles. The van der Waals surface area contributed by atoms with Gasteiger partial charge in [0.15, 0.2) is 0 Å². The second-order valence-corrected chi connectivity index (χ2v) is 7.22. The van der Waals surface area contributed by atoms with Crippen molar-refractivity contribution < 1.29 is 9.90 Å². The molecule has 0 spiro atoms. The van der Waals surface area contributed by atoms with E-state index in [4.69, 9.17) is 0 Å². The maximum Gasteiger partial charge on any atom is 0.335 e. The van der Waals surface area contributed by atoms with E-state index in [2.05, 4.69) is 15.3 Å². The number of aromatic carboxylic acids is 1. The normalized spacial score (nSPS) is 11.4. The van der Waals surface area contributed by atoms with E-state index in [1.807, 2.05) is 33.9 Å². The summed E-state index contributed by atoms with van der Waals surface area (Å²) in [5.41, 5.74) is 0.785. The average molecular weight is 305 g/mol. The Morgan fingerprint density at radius 1 is 1.38 bits per heavy atom. The fraction of sp³-hybridized carbons (Fsp3) is 0.400. The Morgan fingerprint density at radius 2 is 2.10 bits per heavy atom. The van der Waals surface area contributed by atoms with E-state index in [1.165, 1.54) is 0 Å². The second kappa shape index (κ2) is 5.81. The molecule has 0 aromatic carbocycles. The number of thiazole rings is 1. The van der Waals surface area contributed by atoms with E-state index in [0.717, 1.165) is 15.6 Å². The van der Waals surface area contributed by atoms with Gasteiger partial charge < -0.3 is 10.4 Å². The van der Waals surface area contributed by atoms with Crippen molar-refractivity contribution in [3.8, 4) is 0 Å². The summed E-state index contributed by atoms with van der Waals surface area (Å²) in [4.78, 5) is 21.2. The minimum Gasteiger partial charge on any atom is -0.478 e. The van der Waals surface area contributed by atoms with Gasteiger partial charge in [0.2, 0.25) is 0 Å². The molecule has 0 saturated carbocycles. The van der Waals surface area contributed by atoms with Crippen molar-refractivity contribution in [1.82, 2.24) is 9.97 Å². The fourth-order valence-corrected chi connectivity index (χ4v) is 2.50. The lowest BCUT2D eigenvalue weighted by molar-refractivity contribution is 0.0696. The standard InChI is InChI=1S/C15H19N3O2S/c1-9-7-17-13(21-9)8-16-12-6-10(14(19)20)5-11(18-12)15(2,3)4/h5-7H,8H2,1-4H3,(H,16,18)(H,19,20). The van der Waals surface area contributed by atoms with Gasteiger partial charge in [0, 0.05) is 22.2 Å². The number of hydrogen-bond donors (Lipinski definition) is 2. The first-order valence-electron chi connectivity index (χ1n) is 6.67. The number of carboxylic acids is 1. The number of aromatic nitrogens is 2. The Kier molecular flexibility index (Phi) is 4.27. The number of carboxylic acid groups (broad SMARTS) is 1. The molecular weight excluding hydrogens is 286 g/mol. The summed E-state index contributed by atoms with van der Waals surface area (Å²) in [7, 11) is 0. The number of nitrogens with one attached hydrogen (secondary N) is 1. The third kappa shape index (κ3) is 4.01. The van der Waals surface area contributed by atoms with E-state index in [9.17, 15) is 9.90 Å². The third-order valence-electron chi connectivity index (χ3n) is 2.93. The number of nitrogens with zero attached hydrogens (tertiary/aromatic N) is 2. The summed E-state index contributed by atoms with van der Waals surface area (Å²) >= 11 is 1.61. The highest BCUT2D eigenvalue weighted by Gasteiger charge is 2.19. The zero-order chi connectivity index (χ0) is 15.6. The summed E-state index contributed by atoms with van der Waals surface area (Å²) in [5, 5.41) is 13.3. The van der Waals surface area contributed by atoms with Gasteiger partial charge in [-0.15, -0.1) is 11.3 Å². The summed E-state index contributed by atoms with van der Waals surface area (Å²) in [6.45, 7) is 8.57. The molecule has 2 aromatic heterocycles. The topological polar surface area (TPSA) is 75.1 Å². The predicted molar refractivity (Wildman–Crippen MR) is 84.1 cm³/mol. The lowest BCUT2D eigenvalue weighted by Gasteiger charge is -2.19. The molecule has 21 heavy (non-hydrogen) atoms. The van der Waals surface area contributed by atoms with Gasteiger partial charge in [0.25, 0.3) is 0 Å². The van der Waals surface area contributed by atoms with E-state index >= 15 is 0 Å². The number of aryl methyl sites for hydroxylation is 1. The second-order valence-electron chi connectivity index (χ2n) is 5.90. The molecule has 0 amide bonds. The van der Waals surface area contributed by atoms with Crippen molar-refractivity contribution in [3.63, 3.8) is 0 Å². The van der Waals surface area contributed by atoms with Crippen LogP contribution in [0.4, 0.5) is 5.82 Å². The number of anilines is 1. The van der Waals surface area contributed by atoms with Crippen LogP contribution >= 0.6 is 11.3 Å². The van der Waals surface area contributed by atoms with Crippen LogP contribution in [0, 0.1) is 6.92 Å². The zero-order valence-corrected chi connectivity index (χ0v) is 13.4. The molecule has 6 heteroatoms. The van der Waals surface area contributed by atoms with Crippen LogP contribution in [0.3, 0.4) is 0 Å². The smallest absolute Gasteiger partial charge is 0.335 e. The van der Waals surface area contributed by atoms with E-state index in [-0.39, 0.29) is 11.0 Å². The first-order chi connectivity index (χ1) is 9.75. The number of carbonyl (C=O) groups is 1. The molecule has 2 rings (SSSR count). The molecule has 2 N–H and O–H groups in total. The quantitative estimate of drug-likeness (QED) is 0.905. The highest BCUT2D eigenvalue weighted by Crippen LogP contribution is 2.24. The number of hydrogen-bond acceptors (Lipinski definition) is 5. The van der Waals surface area contributed by atoms with E-state index < -0.39 is 5.97 Å². The molecule has 0 unspecified atom stereocenters. The fourth-order valence-electron chi connectivity index (χ4n) is 1.78. The Bertz CT molecular complexity index is 659. The molecule has 5 nitrogen and oxygen atoms in total. The van der Waals surface area contributed by atoms with Gasteiger partial charge in [-0.2, -0.15) is 0 Å². The molecule has 0 aliphatic rings. The molecule has 0 atom stereocenters. The lowest BCUT2D eigenvalue weighted by atomic mass is 9.91. The van der Waals surface area contributed by atoms with Crippen molar-refractivity contribution >= 4 is 23.1 Å². The Labute approximate surface area is 128 Å². The van der Waals surface area contributed by atoms with E-state index in [1.54, 1.807) is 23.5 Å². The highest BCUT2D eigenvalue weighted by atomic mass is 32.1. The number of pyridine rings is 1. The van der Waals surface area contributed by atoms with Crippen LogP contribution in [-0.4, -0.2) is 21.0 Å². The molecule has 0 fully saturated rings. The molecule has 0 aliphatic carbocycles. The summed E-state index contributed by atoms with van der Waals surface area (Å²) in [5.74, 6) is -0.385. The zero-order valence-electron chi connectivity index (χ0n) is 12.6. The largest absolute Gasteiger partial charge is 0.478 e. The lowest BCUT2D eigenvalue weighted by Crippen LogP contribution is -2.16. The SMILES string of the molecule is Cc1cnc(CNc2cc(C(=O)O)cc(C(C)(C)C)n2)s1. The predicted octanol–water partition coefficient (Wildman–Crippen LogP) is 3.45. The first-order valence-corrected chi connectivity index (χ1v) is 7.48. The average Bonchev–Trinajstić information content (AvgIpc) is 2.81. The maximum atomic E-state index is 11.2. The maximum absolute atomic E-state index is 11.2. The Balaban J connectivity index is 2.25. The molecule has 2 heterocycles. The Morgan fingerprint density at radius 3 is 2.62 bits per heavy atom. The molecule has 0 bridgehead atoms. The van der Waals surface area contributed by atoms with Crippen molar-refractivity contribution in [2.24, 2.45) is 0 Å². The molecule has 0 saturated heterocycles. The monoisotopic (exact) mass is 305 g/mol. The van der Waals surface area contributed by atoms with Crippen LogP contribution in [0.1, 0.15) is 46.7 Å². The van der Waals surface area contributed by atoms with Crippen LogP contribution in [-0.2, 0) is 12.0 Å². The van der Waals surface area contributed by atoms with Crippen molar-refractivity contribution in [2.75, 3.05) is 5.32 Å². The highest BCUT2D eigenvalue weighted by molar-refractivity contribution is 7.11. The third-order valence-corrected chi connectivity index (χ3v) is 3.84. The van der Waals surface area contributed by atoms with Crippen LogP contribution in [0.15, 0.2) is 18.3 Å². The van der Waals surface area contributed by atoms with Crippen molar-refractivity contribution in [3.05, 3.63) is 39.5 Å². The molecule has 2 aromatic rings. The van der Waals surface area contributed by atoms with Gasteiger partial charge in [0.05, 0.1) is 12.1 Å². The van der Waals surface area contributed by atoms with Gasteiger partial charge in [-0.3, -0.25) is 0 Å². The van der Waals surface area contributed by atoms with Gasteiger partial charge in [-0.25, -0.2) is 14.8 Å². The van der Waals surface area contributed by atoms with Gasteiger partial charge in [-0.05, 0) is 19.1 Å². The Hall–Kier alpha value is -1.95. The van der Waals surface area contributed by atoms with Gasteiger partial charge >= 0.3 is 5.97 Å². The van der Waals surface area contributed by atoms with Crippen LogP contribution < -0.4 is 5.32 Å². The van der Waals surface area contributed by atoms with E-state index in [0.29, 0.717) is 12.4 Å². The van der Waals surface area contributed by atoms with Crippen LogP contribution in [0.5, 0.6) is 0 Å². The first kappa shape index (κ1) is 15.4. The van der Waals surface area contributed by atoms with Crippen LogP contribution in [0.25, 0.3) is 0 Å². The minimum absolute atomic E-state index is 0.209.